The average Bonchev–Trinajstić information content (AvgIpc) is 2.88. The molecular formula is C12H15N3S2. The lowest BCUT2D eigenvalue weighted by Crippen LogP contribution is -2.02. The van der Waals surface area contributed by atoms with Crippen molar-refractivity contribution in [3.8, 4) is 0 Å². The molecule has 0 aliphatic rings. The van der Waals surface area contributed by atoms with Gasteiger partial charge in [-0.3, -0.25) is 4.98 Å². The summed E-state index contributed by atoms with van der Waals surface area (Å²) in [5.74, 6) is 1.73. The van der Waals surface area contributed by atoms with Gasteiger partial charge in [0.05, 0.1) is 22.3 Å². The quantitative estimate of drug-likeness (QED) is 0.809. The van der Waals surface area contributed by atoms with E-state index in [1.54, 1.807) is 29.3 Å². The Morgan fingerprint density at radius 1 is 1.35 bits per heavy atom. The van der Waals surface area contributed by atoms with Crippen molar-refractivity contribution in [2.75, 3.05) is 11.9 Å². The Morgan fingerprint density at radius 2 is 2.29 bits per heavy atom. The summed E-state index contributed by atoms with van der Waals surface area (Å²) in [5, 5.41) is 5.30. The van der Waals surface area contributed by atoms with Crippen molar-refractivity contribution in [3.05, 3.63) is 35.6 Å². The van der Waals surface area contributed by atoms with Gasteiger partial charge in [0.1, 0.15) is 5.82 Å². The molecule has 0 aromatic carbocycles. The molecule has 90 valence electrons. The minimum atomic E-state index is 0.858. The predicted octanol–water partition coefficient (Wildman–Crippen LogP) is 3.65. The largest absolute Gasteiger partial charge is 0.369 e. The van der Waals surface area contributed by atoms with Crippen LogP contribution in [0.2, 0.25) is 0 Å². The molecule has 0 aliphatic heterocycles. The maximum Gasteiger partial charge on any atom is 0.144 e. The number of nitrogens with one attached hydrogen (secondary N) is 1. The minimum Gasteiger partial charge on any atom is -0.369 e. The van der Waals surface area contributed by atoms with E-state index >= 15 is 0 Å². The fourth-order valence-electron chi connectivity index (χ4n) is 1.26. The fourth-order valence-corrected chi connectivity index (χ4v) is 2.94. The number of hydrogen-bond donors (Lipinski definition) is 1. The van der Waals surface area contributed by atoms with Gasteiger partial charge in [0.15, 0.2) is 0 Å². The summed E-state index contributed by atoms with van der Waals surface area (Å²) in [7, 11) is 0. The van der Waals surface area contributed by atoms with E-state index in [4.69, 9.17) is 0 Å². The number of rotatable bonds is 6. The van der Waals surface area contributed by atoms with Crippen LogP contribution in [0, 0.1) is 0 Å². The second-order valence-corrected chi connectivity index (χ2v) is 5.76. The third-order valence-electron chi connectivity index (χ3n) is 2.12. The normalized spacial score (nSPS) is 10.4. The second kappa shape index (κ2) is 6.61. The van der Waals surface area contributed by atoms with Gasteiger partial charge in [-0.25, -0.2) is 4.98 Å². The average molecular weight is 265 g/mol. The third-order valence-corrected chi connectivity index (χ3v) is 4.28. The van der Waals surface area contributed by atoms with E-state index < -0.39 is 0 Å². The number of thiophene rings is 1. The molecule has 0 radical (unpaired) electrons. The molecule has 0 amide bonds. The number of nitrogens with zero attached hydrogens (tertiary/aromatic N) is 2. The van der Waals surface area contributed by atoms with Crippen molar-refractivity contribution in [3.63, 3.8) is 0 Å². The van der Waals surface area contributed by atoms with Crippen LogP contribution in [0.4, 0.5) is 5.82 Å². The van der Waals surface area contributed by atoms with Crippen molar-refractivity contribution >= 4 is 28.9 Å². The Hall–Kier alpha value is -1.07. The summed E-state index contributed by atoms with van der Waals surface area (Å²) in [5.41, 5.74) is 1.02. The van der Waals surface area contributed by atoms with Crippen LogP contribution in [0.3, 0.4) is 0 Å². The van der Waals surface area contributed by atoms with Crippen molar-refractivity contribution in [2.24, 2.45) is 0 Å². The molecule has 1 N–H and O–H groups in total. The van der Waals surface area contributed by atoms with Gasteiger partial charge >= 0.3 is 0 Å². The van der Waals surface area contributed by atoms with Crippen LogP contribution < -0.4 is 5.32 Å². The summed E-state index contributed by atoms with van der Waals surface area (Å²) < 4.78 is 1.32. The monoisotopic (exact) mass is 265 g/mol. The first kappa shape index (κ1) is 12.4. The van der Waals surface area contributed by atoms with Crippen LogP contribution in [0.15, 0.2) is 34.1 Å². The Morgan fingerprint density at radius 3 is 2.94 bits per heavy atom. The Kier molecular flexibility index (Phi) is 4.82. The van der Waals surface area contributed by atoms with E-state index in [1.165, 1.54) is 4.21 Å². The summed E-state index contributed by atoms with van der Waals surface area (Å²) in [6, 6.07) is 4.19. The number of hydrogen-bond acceptors (Lipinski definition) is 5. The van der Waals surface area contributed by atoms with Crippen molar-refractivity contribution < 1.29 is 0 Å². The lowest BCUT2D eigenvalue weighted by atomic mass is 10.4. The van der Waals surface area contributed by atoms with E-state index in [0.29, 0.717) is 0 Å². The zero-order valence-electron chi connectivity index (χ0n) is 9.72. The lowest BCUT2D eigenvalue weighted by Gasteiger charge is -2.03. The lowest BCUT2D eigenvalue weighted by molar-refractivity contribution is 0.960. The van der Waals surface area contributed by atoms with Crippen LogP contribution in [0.25, 0.3) is 0 Å². The maximum atomic E-state index is 4.39. The minimum absolute atomic E-state index is 0.858. The zero-order chi connectivity index (χ0) is 11.9. The molecule has 0 bridgehead atoms. The summed E-state index contributed by atoms with van der Waals surface area (Å²) in [4.78, 5) is 8.72. The molecule has 2 aromatic heterocycles. The molecule has 0 saturated heterocycles. The Balaban J connectivity index is 1.85. The molecule has 0 spiro atoms. The second-order valence-electron chi connectivity index (χ2n) is 3.54. The fraction of sp³-hybridized carbons (Fsp3) is 0.333. The molecule has 0 fully saturated rings. The molecule has 0 unspecified atom stereocenters. The van der Waals surface area contributed by atoms with E-state index in [2.05, 4.69) is 39.7 Å². The smallest absolute Gasteiger partial charge is 0.144 e. The van der Waals surface area contributed by atoms with Crippen molar-refractivity contribution in [1.82, 2.24) is 9.97 Å². The highest BCUT2D eigenvalue weighted by Crippen LogP contribution is 2.26. The highest BCUT2D eigenvalue weighted by molar-refractivity contribution is 8.00. The molecule has 17 heavy (non-hydrogen) atoms. The third kappa shape index (κ3) is 4.02. The Labute approximate surface area is 110 Å². The number of aromatic nitrogens is 2. The Bertz CT molecular complexity index is 426. The van der Waals surface area contributed by atoms with Gasteiger partial charge in [0.2, 0.25) is 0 Å². The maximum absolute atomic E-state index is 4.39. The van der Waals surface area contributed by atoms with Crippen LogP contribution in [-0.2, 0) is 5.75 Å². The molecule has 3 nitrogen and oxygen atoms in total. The van der Waals surface area contributed by atoms with Crippen LogP contribution in [-0.4, -0.2) is 16.5 Å². The van der Waals surface area contributed by atoms with E-state index in [-0.39, 0.29) is 0 Å². The van der Waals surface area contributed by atoms with Gasteiger partial charge in [-0.2, -0.15) is 0 Å². The van der Waals surface area contributed by atoms with Gasteiger partial charge in [0.25, 0.3) is 0 Å². The standard InChI is InChI=1S/C12H15N3S2/c1-2-5-13-11-8-14-10(7-15-11)9-17-12-4-3-6-16-12/h3-4,6-8H,2,5,9H2,1H3,(H,13,15). The molecule has 2 heterocycles. The first-order chi connectivity index (χ1) is 8.38. The van der Waals surface area contributed by atoms with Gasteiger partial charge in [-0.15, -0.1) is 23.1 Å². The van der Waals surface area contributed by atoms with E-state index in [1.807, 2.05) is 6.20 Å². The van der Waals surface area contributed by atoms with Crippen molar-refractivity contribution in [1.29, 1.82) is 0 Å². The van der Waals surface area contributed by atoms with Crippen LogP contribution in [0.1, 0.15) is 19.0 Å². The van der Waals surface area contributed by atoms with Crippen molar-refractivity contribution in [2.45, 2.75) is 23.3 Å². The summed E-state index contributed by atoms with van der Waals surface area (Å²) in [6.45, 7) is 3.07. The van der Waals surface area contributed by atoms with E-state index in [0.717, 1.165) is 30.2 Å². The topological polar surface area (TPSA) is 37.8 Å². The zero-order valence-corrected chi connectivity index (χ0v) is 11.4. The van der Waals surface area contributed by atoms with Crippen LogP contribution >= 0.6 is 23.1 Å². The SMILES string of the molecule is CCCNc1cnc(CSc2cccs2)cn1. The van der Waals surface area contributed by atoms with Gasteiger partial charge in [-0.1, -0.05) is 13.0 Å². The summed E-state index contributed by atoms with van der Waals surface area (Å²) >= 11 is 3.56. The highest BCUT2D eigenvalue weighted by atomic mass is 32.2. The molecule has 5 heteroatoms. The number of thioether (sulfide) groups is 1. The molecule has 2 aromatic rings. The predicted molar refractivity (Wildman–Crippen MR) is 74.7 cm³/mol. The molecule has 0 saturated carbocycles. The van der Waals surface area contributed by atoms with E-state index in [9.17, 15) is 0 Å². The van der Waals surface area contributed by atoms with Crippen LogP contribution in [0.5, 0.6) is 0 Å². The molecule has 2 rings (SSSR count). The van der Waals surface area contributed by atoms with Gasteiger partial charge in [0, 0.05) is 12.3 Å². The molecule has 0 atom stereocenters. The molecular weight excluding hydrogens is 250 g/mol. The first-order valence-electron chi connectivity index (χ1n) is 5.59. The highest BCUT2D eigenvalue weighted by Gasteiger charge is 1.99. The van der Waals surface area contributed by atoms with Gasteiger partial charge < -0.3 is 5.32 Å². The first-order valence-corrected chi connectivity index (χ1v) is 7.46. The van der Waals surface area contributed by atoms with Gasteiger partial charge in [-0.05, 0) is 17.9 Å². The summed E-state index contributed by atoms with van der Waals surface area (Å²) in [6.07, 6.45) is 4.75. The number of anilines is 1. The molecule has 0 aliphatic carbocycles.